The van der Waals surface area contributed by atoms with E-state index in [4.69, 9.17) is 65.6 Å². The Hall–Kier alpha value is -2.98. The zero-order chi connectivity index (χ0) is 64.3. The van der Waals surface area contributed by atoms with Crippen molar-refractivity contribution in [2.75, 3.05) is 77.2 Å². The maximum atomic E-state index is 12.6. The normalized spacial score (nSPS) is 28.0. The Bertz CT molecular complexity index is 3050. The fourth-order valence-electron chi connectivity index (χ4n) is 13.2. The Balaban J connectivity index is 0.000000151. The van der Waals surface area contributed by atoms with Gasteiger partial charge in [-0.05, 0) is 218 Å². The van der Waals surface area contributed by atoms with Gasteiger partial charge in [0.05, 0.1) is 78.3 Å². The molecule has 9 atom stereocenters. The molecule has 5 N–H and O–H groups in total. The molecule has 0 aliphatic carbocycles. The second-order valence-electron chi connectivity index (χ2n) is 28.3. The lowest BCUT2D eigenvalue weighted by Gasteiger charge is -2.43. The van der Waals surface area contributed by atoms with E-state index in [1.165, 1.54) is 12.8 Å². The molecule has 498 valence electrons. The van der Waals surface area contributed by atoms with E-state index >= 15 is 0 Å². The van der Waals surface area contributed by atoms with Crippen LogP contribution in [0.25, 0.3) is 22.3 Å². The molecule has 0 aromatic carbocycles. The van der Waals surface area contributed by atoms with E-state index in [9.17, 15) is 13.8 Å². The van der Waals surface area contributed by atoms with E-state index in [1.807, 2.05) is 87.0 Å². The third-order valence-electron chi connectivity index (χ3n) is 18.5. The average molecular weight is 1510 g/mol. The van der Waals surface area contributed by atoms with Crippen LogP contribution in [0.3, 0.4) is 0 Å². The highest BCUT2D eigenvalue weighted by atomic mass is 127. The highest BCUT2D eigenvalue weighted by Crippen LogP contribution is 2.45. The van der Waals surface area contributed by atoms with Gasteiger partial charge in [-0.2, -0.15) is 10.2 Å². The summed E-state index contributed by atoms with van der Waals surface area (Å²) in [4.78, 5) is 47.1. The van der Waals surface area contributed by atoms with E-state index in [2.05, 4.69) is 87.4 Å². The van der Waals surface area contributed by atoms with E-state index < -0.39 is 22.2 Å². The predicted molar refractivity (Wildman–Crippen MR) is 359 cm³/mol. The van der Waals surface area contributed by atoms with Gasteiger partial charge in [0.25, 0.3) is 0 Å². The fraction of sp³-hybridized carbons (Fsp3) is 0.803. The van der Waals surface area contributed by atoms with E-state index in [0.29, 0.717) is 42.5 Å². The molecule has 8 fully saturated rings. The van der Waals surface area contributed by atoms with Gasteiger partial charge in [-0.15, -0.1) is 0 Å². The molecule has 0 saturated carbocycles. The minimum Gasteiger partial charge on any atom is -0.444 e. The van der Waals surface area contributed by atoms with Crippen molar-refractivity contribution < 1.29 is 47.0 Å². The van der Waals surface area contributed by atoms with Gasteiger partial charge in [0.1, 0.15) is 33.2 Å². The van der Waals surface area contributed by atoms with Crippen molar-refractivity contribution in [3.05, 3.63) is 24.9 Å². The molecule has 89 heavy (non-hydrogen) atoms. The zero-order valence-corrected chi connectivity index (χ0v) is 60.1. The number of anilines is 1. The largest absolute Gasteiger partial charge is 0.444 e. The van der Waals surface area contributed by atoms with Crippen LogP contribution >= 0.6 is 56.8 Å². The summed E-state index contributed by atoms with van der Waals surface area (Å²) in [5.41, 5.74) is 8.31. The number of likely N-dealkylation sites (tertiary alicyclic amines) is 1. The Morgan fingerprint density at radius 3 is 1.67 bits per heavy atom. The molecule has 12 rings (SSSR count). The zero-order valence-electron chi connectivity index (χ0n) is 54.2. The van der Waals surface area contributed by atoms with Crippen LogP contribution in [0.4, 0.5) is 15.4 Å². The van der Waals surface area contributed by atoms with Crippen molar-refractivity contribution in [1.29, 1.82) is 0 Å². The van der Waals surface area contributed by atoms with Crippen molar-refractivity contribution in [2.24, 2.45) is 22.0 Å². The molecular weight excluding hydrogens is 1410 g/mol. The summed E-state index contributed by atoms with van der Waals surface area (Å²) in [5.74, 6) is 0.851. The minimum absolute atomic E-state index is 0.0133. The number of hydrogen-bond acceptors (Lipinski definition) is 19. The van der Waals surface area contributed by atoms with E-state index in [-0.39, 0.29) is 76.7 Å². The van der Waals surface area contributed by atoms with Gasteiger partial charge < -0.3 is 59.3 Å². The number of aromatic nitrogens is 8. The summed E-state index contributed by atoms with van der Waals surface area (Å²) in [6.07, 6.45) is 15.0. The molecule has 4 aromatic heterocycles. The molecule has 8 aliphatic rings. The Morgan fingerprint density at radius 2 is 1.17 bits per heavy atom. The molecule has 0 bridgehead atoms. The first kappa shape index (κ1) is 70.3. The smallest absolute Gasteiger partial charge is 0.410 e. The van der Waals surface area contributed by atoms with Crippen molar-refractivity contribution in [3.8, 4) is 0 Å². The summed E-state index contributed by atoms with van der Waals surface area (Å²) < 4.78 is 61.2. The number of carbonyl (C=O) groups excluding carboxylic acids is 2. The second-order valence-corrected chi connectivity index (χ2v) is 32.8. The SMILES string of the molecule is C[C@@H]1OCC2(CCN(C(=O)OC(C)(C)C)CC2)[C@@H]1N[S@](=O)C(C)(C)C.C[C@@H]1OCC2(CCN(c3cnc4c(I)nn(C5CCCCO5)c4n3)CC2)[C@@H]1NC(=O)OC(C)(C)C.C[C@@H]1OCC2(CCNCC2)[C@@H]1N.Clc1cnc2c(I)nn(C3CCCCO3)c2n1. The lowest BCUT2D eigenvalue weighted by atomic mass is 9.73. The van der Waals surface area contributed by atoms with E-state index in [0.717, 1.165) is 140 Å². The molecule has 2 unspecified atom stereocenters. The van der Waals surface area contributed by atoms with Crippen LogP contribution in [-0.2, 0) is 44.1 Å². The minimum atomic E-state index is -1.14. The quantitative estimate of drug-likeness (QED) is 0.131. The number of rotatable bonds is 6. The number of piperidine rings is 3. The summed E-state index contributed by atoms with van der Waals surface area (Å²) in [7, 11) is -1.14. The summed E-state index contributed by atoms with van der Waals surface area (Å²) in [6.45, 7) is 32.1. The Labute approximate surface area is 559 Å². The number of ether oxygens (including phenoxy) is 7. The van der Waals surface area contributed by atoms with Crippen LogP contribution in [0.5, 0.6) is 0 Å². The first-order valence-electron chi connectivity index (χ1n) is 31.9. The Morgan fingerprint density at radius 1 is 0.674 bits per heavy atom. The second kappa shape index (κ2) is 29.3. The molecule has 3 spiro atoms. The van der Waals surface area contributed by atoms with Gasteiger partial charge in [0, 0.05) is 61.7 Å². The number of alkyl carbamates (subject to hydrolysis) is 1. The molecular formula is C61H97ClI2N14O10S. The number of fused-ring (bicyclic) bond motifs is 2. The lowest BCUT2D eigenvalue weighted by molar-refractivity contribution is -0.0373. The molecule has 24 nitrogen and oxygen atoms in total. The molecule has 8 saturated heterocycles. The van der Waals surface area contributed by atoms with Crippen LogP contribution in [0.1, 0.15) is 173 Å². The van der Waals surface area contributed by atoms with Crippen LogP contribution in [0.15, 0.2) is 12.4 Å². The van der Waals surface area contributed by atoms with Crippen LogP contribution in [-0.4, -0.2) is 185 Å². The van der Waals surface area contributed by atoms with Crippen LogP contribution < -0.4 is 26.0 Å². The highest BCUT2D eigenvalue weighted by molar-refractivity contribution is 14.1. The molecule has 2 amide bonds. The third-order valence-corrected chi connectivity index (χ3v) is 21.7. The maximum absolute atomic E-state index is 12.6. The summed E-state index contributed by atoms with van der Waals surface area (Å²) >= 11 is 10.3. The number of hydrogen-bond donors (Lipinski definition) is 4. The maximum Gasteiger partial charge on any atom is 0.410 e. The average Bonchev–Trinajstić information content (AvgIpc) is 1.83. The van der Waals surface area contributed by atoms with Gasteiger partial charge in [-0.25, -0.2) is 47.8 Å². The third kappa shape index (κ3) is 17.1. The number of amides is 2. The van der Waals surface area contributed by atoms with Crippen molar-refractivity contribution in [3.63, 3.8) is 0 Å². The highest BCUT2D eigenvalue weighted by Gasteiger charge is 2.53. The first-order valence-corrected chi connectivity index (χ1v) is 35.6. The van der Waals surface area contributed by atoms with Gasteiger partial charge in [-0.3, -0.25) is 0 Å². The molecule has 28 heteroatoms. The lowest BCUT2D eigenvalue weighted by Crippen LogP contribution is -2.55. The van der Waals surface area contributed by atoms with Crippen molar-refractivity contribution in [1.82, 2.24) is 59.8 Å². The summed E-state index contributed by atoms with van der Waals surface area (Å²) in [5, 5.41) is 16.0. The molecule has 12 heterocycles. The summed E-state index contributed by atoms with van der Waals surface area (Å²) in [6, 6.07) is 0.201. The standard InChI is InChI=1S/C24H35IN6O4.C18H34N2O4S.C10H10ClIN4O.C9H18N2O/c1-15-19(28-22(32)35-23(2,3)4)24(14-34-15)8-10-30(11-9-24)16-13-26-18-20(25)29-31(21(18)27-16)17-7-5-6-12-33-17;1-13-14(19-25(22)17(5,6)7)18(12-23-13)8-10-20(11-9-18)15(21)24-16(2,3)4;11-6-5-13-8-9(12)15-16(10(8)14-6)7-3-1-2-4-17-7;1-7-8(10)9(6-12-7)2-4-11-5-3-9/h13,15,17,19H,5-12,14H2,1-4H3,(H,28,32);13-14,19H,8-12H2,1-7H3;5,7H,1-4H2;7-8,11H,2-6,10H2,1H3/t15-,17?,19+;13-,14+,25+;;7-,8+/m00.0/s1. The van der Waals surface area contributed by atoms with Gasteiger partial charge in [0.15, 0.2) is 31.2 Å². The van der Waals surface area contributed by atoms with Crippen LogP contribution in [0, 0.1) is 23.6 Å². The number of nitrogens with zero attached hydrogens (tertiary/aromatic N) is 10. The Kier molecular flexibility index (Phi) is 23.2. The molecule has 0 radical (unpaired) electrons. The molecule has 4 aromatic rings. The van der Waals surface area contributed by atoms with Crippen molar-refractivity contribution >= 4 is 108 Å². The monoisotopic (exact) mass is 1510 g/mol. The number of halogens is 3. The predicted octanol–water partition coefficient (Wildman–Crippen LogP) is 9.76. The van der Waals surface area contributed by atoms with Gasteiger partial charge in [0.2, 0.25) is 0 Å². The number of nitrogens with two attached hydrogens (primary N) is 1. The van der Waals surface area contributed by atoms with Gasteiger partial charge in [-0.1, -0.05) is 11.6 Å². The first-order chi connectivity index (χ1) is 42.0. The molecule has 8 aliphatic heterocycles. The van der Waals surface area contributed by atoms with Gasteiger partial charge >= 0.3 is 12.2 Å². The topological polar surface area (TPSA) is 272 Å². The van der Waals surface area contributed by atoms with E-state index in [1.54, 1.807) is 15.8 Å². The van der Waals surface area contributed by atoms with Crippen molar-refractivity contribution in [2.45, 2.75) is 225 Å². The number of carbonyl (C=O) groups is 2. The van der Waals surface area contributed by atoms with Crippen LogP contribution in [0.2, 0.25) is 5.15 Å². The fourth-order valence-corrected chi connectivity index (χ4v) is 15.6. The number of nitrogens with one attached hydrogen (secondary N) is 3.